The minimum absolute atomic E-state index is 0.0674. The van der Waals surface area contributed by atoms with Gasteiger partial charge in [-0.1, -0.05) is 12.1 Å². The molecule has 1 aromatic carbocycles. The maximum atomic E-state index is 12.3. The summed E-state index contributed by atoms with van der Waals surface area (Å²) in [6, 6.07) is 8.68. The summed E-state index contributed by atoms with van der Waals surface area (Å²) in [5, 5.41) is 14.1. The lowest BCUT2D eigenvalue weighted by Gasteiger charge is -2.26. The van der Waals surface area contributed by atoms with Gasteiger partial charge in [-0.25, -0.2) is 4.68 Å². The molecular weight excluding hydrogens is 294 g/mol. The van der Waals surface area contributed by atoms with Gasteiger partial charge in [0.1, 0.15) is 5.75 Å². The summed E-state index contributed by atoms with van der Waals surface area (Å²) in [5.74, 6) is 0.188. The van der Waals surface area contributed by atoms with Crippen molar-refractivity contribution in [3.05, 3.63) is 46.2 Å². The van der Waals surface area contributed by atoms with E-state index < -0.39 is 0 Å². The number of morpholine rings is 1. The smallest absolute Gasteiger partial charge is 0.269 e. The maximum absolute atomic E-state index is 12.3. The topological polar surface area (TPSA) is 67.6 Å². The lowest BCUT2D eigenvalue weighted by molar-refractivity contribution is 0.0358. The normalized spacial score (nSPS) is 15.7. The molecule has 0 atom stereocenters. The molecule has 2 aromatic rings. The SMILES string of the molecule is Cc1cc(-c2cccc(O)c2)nn(CCN2CCOCC2)c1=O. The zero-order valence-corrected chi connectivity index (χ0v) is 13.2. The first-order chi connectivity index (χ1) is 11.1. The van der Waals surface area contributed by atoms with Crippen molar-refractivity contribution in [2.24, 2.45) is 0 Å². The Hall–Kier alpha value is -2.18. The molecule has 0 spiro atoms. The van der Waals surface area contributed by atoms with Crippen molar-refractivity contribution in [2.75, 3.05) is 32.8 Å². The molecule has 1 saturated heterocycles. The van der Waals surface area contributed by atoms with Crippen LogP contribution in [-0.2, 0) is 11.3 Å². The van der Waals surface area contributed by atoms with Gasteiger partial charge in [-0.2, -0.15) is 5.10 Å². The molecule has 6 heteroatoms. The molecule has 1 fully saturated rings. The Kier molecular flexibility index (Phi) is 4.73. The van der Waals surface area contributed by atoms with Crippen molar-refractivity contribution in [1.29, 1.82) is 0 Å². The Labute approximate surface area is 134 Å². The van der Waals surface area contributed by atoms with Crippen LogP contribution >= 0.6 is 0 Å². The van der Waals surface area contributed by atoms with Gasteiger partial charge in [0, 0.05) is 30.8 Å². The van der Waals surface area contributed by atoms with Crippen LogP contribution in [0.5, 0.6) is 5.75 Å². The van der Waals surface area contributed by atoms with Crippen LogP contribution in [0.15, 0.2) is 35.1 Å². The summed E-state index contributed by atoms with van der Waals surface area (Å²) in [5.41, 5.74) is 2.08. The van der Waals surface area contributed by atoms with Gasteiger partial charge in [0.25, 0.3) is 5.56 Å². The van der Waals surface area contributed by atoms with Gasteiger partial charge < -0.3 is 9.84 Å². The van der Waals surface area contributed by atoms with Gasteiger partial charge >= 0.3 is 0 Å². The van der Waals surface area contributed by atoms with Gasteiger partial charge in [0.15, 0.2) is 0 Å². The van der Waals surface area contributed by atoms with E-state index in [0.717, 1.165) is 38.4 Å². The molecule has 0 amide bonds. The molecule has 23 heavy (non-hydrogen) atoms. The van der Waals surface area contributed by atoms with Crippen molar-refractivity contribution in [1.82, 2.24) is 14.7 Å². The number of rotatable bonds is 4. The molecule has 6 nitrogen and oxygen atoms in total. The van der Waals surface area contributed by atoms with Crippen molar-refractivity contribution in [3.63, 3.8) is 0 Å². The molecule has 2 heterocycles. The maximum Gasteiger partial charge on any atom is 0.269 e. The van der Waals surface area contributed by atoms with Gasteiger partial charge in [0.05, 0.1) is 25.5 Å². The first-order valence-electron chi connectivity index (χ1n) is 7.82. The van der Waals surface area contributed by atoms with Crippen molar-refractivity contribution in [3.8, 4) is 17.0 Å². The first-order valence-corrected chi connectivity index (χ1v) is 7.82. The number of aryl methyl sites for hydroxylation is 1. The zero-order valence-electron chi connectivity index (χ0n) is 13.2. The second-order valence-electron chi connectivity index (χ2n) is 5.75. The number of phenolic OH excluding ortho intramolecular Hbond substituents is 1. The monoisotopic (exact) mass is 315 g/mol. The number of ether oxygens (including phenoxy) is 1. The summed E-state index contributed by atoms with van der Waals surface area (Å²) in [4.78, 5) is 14.6. The van der Waals surface area contributed by atoms with E-state index in [1.807, 2.05) is 6.07 Å². The number of aromatic hydroxyl groups is 1. The van der Waals surface area contributed by atoms with Crippen molar-refractivity contribution >= 4 is 0 Å². The van der Waals surface area contributed by atoms with Crippen molar-refractivity contribution in [2.45, 2.75) is 13.5 Å². The highest BCUT2D eigenvalue weighted by molar-refractivity contribution is 5.60. The fourth-order valence-electron chi connectivity index (χ4n) is 2.69. The van der Waals surface area contributed by atoms with Crippen LogP contribution in [0.4, 0.5) is 0 Å². The molecule has 0 radical (unpaired) electrons. The first kappa shape index (κ1) is 15.7. The van der Waals surface area contributed by atoms with E-state index in [4.69, 9.17) is 4.74 Å². The minimum atomic E-state index is -0.0674. The number of hydrogen-bond donors (Lipinski definition) is 1. The highest BCUT2D eigenvalue weighted by atomic mass is 16.5. The molecule has 122 valence electrons. The van der Waals surface area contributed by atoms with Crippen LogP contribution < -0.4 is 5.56 Å². The fourth-order valence-corrected chi connectivity index (χ4v) is 2.69. The van der Waals surface area contributed by atoms with Gasteiger partial charge in [0.2, 0.25) is 0 Å². The van der Waals surface area contributed by atoms with E-state index in [9.17, 15) is 9.90 Å². The van der Waals surface area contributed by atoms with E-state index in [2.05, 4.69) is 10.00 Å². The molecule has 1 aromatic heterocycles. The minimum Gasteiger partial charge on any atom is -0.508 e. The molecule has 1 N–H and O–H groups in total. The Bertz CT molecular complexity index is 736. The lowest BCUT2D eigenvalue weighted by Crippen LogP contribution is -2.40. The van der Waals surface area contributed by atoms with Crippen LogP contribution in [0.1, 0.15) is 5.56 Å². The van der Waals surface area contributed by atoms with Crippen LogP contribution in [0.25, 0.3) is 11.3 Å². The number of phenols is 1. The molecule has 0 saturated carbocycles. The number of aromatic nitrogens is 2. The van der Waals surface area contributed by atoms with E-state index in [-0.39, 0.29) is 11.3 Å². The van der Waals surface area contributed by atoms with Gasteiger partial charge in [-0.3, -0.25) is 9.69 Å². The average Bonchev–Trinajstić information content (AvgIpc) is 2.57. The molecular formula is C17H21N3O3. The molecule has 1 aliphatic heterocycles. The second kappa shape index (κ2) is 6.93. The number of benzene rings is 1. The fraction of sp³-hybridized carbons (Fsp3) is 0.412. The van der Waals surface area contributed by atoms with Gasteiger partial charge in [-0.05, 0) is 25.1 Å². The second-order valence-corrected chi connectivity index (χ2v) is 5.75. The van der Waals surface area contributed by atoms with Crippen LogP contribution in [0, 0.1) is 6.92 Å². The third-order valence-corrected chi connectivity index (χ3v) is 4.03. The van der Waals surface area contributed by atoms with Crippen molar-refractivity contribution < 1.29 is 9.84 Å². The Morgan fingerprint density at radius 2 is 2.00 bits per heavy atom. The predicted molar refractivity (Wildman–Crippen MR) is 87.6 cm³/mol. The lowest BCUT2D eigenvalue weighted by atomic mass is 10.1. The third-order valence-electron chi connectivity index (χ3n) is 4.03. The summed E-state index contributed by atoms with van der Waals surface area (Å²) in [6.45, 7) is 6.38. The highest BCUT2D eigenvalue weighted by Gasteiger charge is 2.12. The van der Waals surface area contributed by atoms with Crippen LogP contribution in [-0.4, -0.2) is 52.6 Å². The summed E-state index contributed by atoms with van der Waals surface area (Å²) >= 11 is 0. The van der Waals surface area contributed by atoms with Crippen LogP contribution in [0.3, 0.4) is 0 Å². The molecule has 0 bridgehead atoms. The quantitative estimate of drug-likeness (QED) is 0.920. The van der Waals surface area contributed by atoms with Gasteiger partial charge in [-0.15, -0.1) is 0 Å². The third kappa shape index (κ3) is 3.78. The highest BCUT2D eigenvalue weighted by Crippen LogP contribution is 2.21. The van der Waals surface area contributed by atoms with Crippen LogP contribution in [0.2, 0.25) is 0 Å². The molecule has 0 unspecified atom stereocenters. The predicted octanol–water partition coefficient (Wildman–Crippen LogP) is 1.26. The zero-order chi connectivity index (χ0) is 16.2. The summed E-state index contributed by atoms with van der Waals surface area (Å²) < 4.78 is 6.85. The number of nitrogens with zero attached hydrogens (tertiary/aromatic N) is 3. The Balaban J connectivity index is 1.83. The summed E-state index contributed by atoms with van der Waals surface area (Å²) in [7, 11) is 0. The number of hydrogen-bond acceptors (Lipinski definition) is 5. The van der Waals surface area contributed by atoms with E-state index >= 15 is 0 Å². The Morgan fingerprint density at radius 3 is 2.74 bits per heavy atom. The average molecular weight is 315 g/mol. The summed E-state index contributed by atoms with van der Waals surface area (Å²) in [6.07, 6.45) is 0. The van der Waals surface area contributed by atoms with E-state index in [0.29, 0.717) is 17.8 Å². The largest absolute Gasteiger partial charge is 0.508 e. The standard InChI is InChI=1S/C17H21N3O3/c1-13-11-16(14-3-2-4-15(21)12-14)18-20(17(13)22)6-5-19-7-9-23-10-8-19/h2-4,11-12,21H,5-10H2,1H3. The van der Waals surface area contributed by atoms with E-state index in [1.54, 1.807) is 31.2 Å². The van der Waals surface area contributed by atoms with E-state index in [1.165, 1.54) is 4.68 Å². The molecule has 3 rings (SSSR count). The Morgan fingerprint density at radius 1 is 1.22 bits per heavy atom. The molecule has 0 aliphatic carbocycles. The molecule has 1 aliphatic rings.